The SMILES string of the molecule is Cc1cc(C(N)=S)nc(OC2CC(C)CCC2C(C)C)n1. The Hall–Kier alpha value is -1.23. The highest BCUT2D eigenvalue weighted by Crippen LogP contribution is 2.35. The number of nitrogens with zero attached hydrogens (tertiary/aromatic N) is 2. The smallest absolute Gasteiger partial charge is 0.317 e. The van der Waals surface area contributed by atoms with E-state index in [1.54, 1.807) is 6.07 Å². The van der Waals surface area contributed by atoms with Crippen molar-refractivity contribution < 1.29 is 4.74 Å². The normalized spacial score (nSPS) is 25.9. The van der Waals surface area contributed by atoms with E-state index >= 15 is 0 Å². The van der Waals surface area contributed by atoms with Gasteiger partial charge in [-0.25, -0.2) is 4.98 Å². The van der Waals surface area contributed by atoms with E-state index in [0.29, 0.717) is 29.5 Å². The molecule has 1 fully saturated rings. The van der Waals surface area contributed by atoms with Crippen LogP contribution in [0.15, 0.2) is 6.07 Å². The molecular formula is C16H25N3OS. The van der Waals surface area contributed by atoms with Crippen molar-refractivity contribution in [2.24, 2.45) is 23.5 Å². The van der Waals surface area contributed by atoms with Crippen molar-refractivity contribution in [1.82, 2.24) is 9.97 Å². The minimum absolute atomic E-state index is 0.176. The molecule has 1 aromatic rings. The number of ether oxygens (including phenoxy) is 1. The fraction of sp³-hybridized carbons (Fsp3) is 0.688. The molecule has 0 spiro atoms. The highest BCUT2D eigenvalue weighted by Gasteiger charge is 2.32. The number of hydrogen-bond donors (Lipinski definition) is 1. The van der Waals surface area contributed by atoms with Crippen LogP contribution < -0.4 is 10.5 Å². The van der Waals surface area contributed by atoms with E-state index in [4.69, 9.17) is 22.7 Å². The molecule has 2 N–H and O–H groups in total. The zero-order valence-electron chi connectivity index (χ0n) is 13.3. The second-order valence-electron chi connectivity index (χ2n) is 6.52. The second-order valence-corrected chi connectivity index (χ2v) is 6.96. The third-order valence-corrected chi connectivity index (χ3v) is 4.51. The maximum atomic E-state index is 6.13. The molecule has 1 aromatic heterocycles. The Morgan fingerprint density at radius 3 is 2.71 bits per heavy atom. The molecule has 5 heteroatoms. The predicted octanol–water partition coefficient (Wildman–Crippen LogP) is 3.26. The average Bonchev–Trinajstić information content (AvgIpc) is 2.37. The molecule has 116 valence electrons. The Labute approximate surface area is 132 Å². The first-order valence-electron chi connectivity index (χ1n) is 7.69. The molecule has 0 bridgehead atoms. The van der Waals surface area contributed by atoms with Crippen LogP contribution in [0.2, 0.25) is 0 Å². The lowest BCUT2D eigenvalue weighted by Gasteiger charge is -2.36. The first-order chi connectivity index (χ1) is 9.86. The van der Waals surface area contributed by atoms with E-state index in [0.717, 1.165) is 12.1 Å². The zero-order chi connectivity index (χ0) is 15.6. The van der Waals surface area contributed by atoms with Crippen LogP contribution in [0.5, 0.6) is 6.01 Å². The number of rotatable bonds is 4. The van der Waals surface area contributed by atoms with Gasteiger partial charge in [-0.15, -0.1) is 0 Å². The Bertz CT molecular complexity index is 518. The van der Waals surface area contributed by atoms with Crippen LogP contribution >= 0.6 is 12.2 Å². The monoisotopic (exact) mass is 307 g/mol. The van der Waals surface area contributed by atoms with Crippen LogP contribution in [0, 0.1) is 24.7 Å². The Balaban J connectivity index is 2.20. The lowest BCUT2D eigenvalue weighted by atomic mass is 9.75. The number of nitrogens with two attached hydrogens (primary N) is 1. The average molecular weight is 307 g/mol. The molecule has 2 rings (SSSR count). The summed E-state index contributed by atoms with van der Waals surface area (Å²) in [5.74, 6) is 1.84. The molecule has 0 radical (unpaired) electrons. The summed E-state index contributed by atoms with van der Waals surface area (Å²) in [4.78, 5) is 9.01. The molecule has 0 saturated heterocycles. The predicted molar refractivity (Wildman–Crippen MR) is 88.4 cm³/mol. The molecule has 0 aliphatic heterocycles. The minimum atomic E-state index is 0.176. The summed E-state index contributed by atoms with van der Waals surface area (Å²) < 4.78 is 6.13. The van der Waals surface area contributed by atoms with Gasteiger partial charge in [0.15, 0.2) is 0 Å². The fourth-order valence-corrected chi connectivity index (χ4v) is 3.21. The van der Waals surface area contributed by atoms with Gasteiger partial charge in [-0.3, -0.25) is 0 Å². The zero-order valence-corrected chi connectivity index (χ0v) is 14.1. The summed E-state index contributed by atoms with van der Waals surface area (Å²) in [7, 11) is 0. The maximum Gasteiger partial charge on any atom is 0.317 e. The van der Waals surface area contributed by atoms with Crippen LogP contribution in [0.1, 0.15) is 51.4 Å². The summed E-state index contributed by atoms with van der Waals surface area (Å²) in [6.45, 7) is 8.70. The lowest BCUT2D eigenvalue weighted by molar-refractivity contribution is 0.0388. The van der Waals surface area contributed by atoms with Gasteiger partial charge in [-0.05, 0) is 43.6 Å². The molecule has 0 amide bonds. The van der Waals surface area contributed by atoms with Crippen molar-refractivity contribution in [2.45, 2.75) is 53.1 Å². The number of hydrogen-bond acceptors (Lipinski definition) is 4. The van der Waals surface area contributed by atoms with Crippen molar-refractivity contribution in [3.05, 3.63) is 17.5 Å². The summed E-state index contributed by atoms with van der Waals surface area (Å²) in [5, 5.41) is 0. The largest absolute Gasteiger partial charge is 0.460 e. The van der Waals surface area contributed by atoms with Crippen LogP contribution in [-0.4, -0.2) is 21.1 Å². The van der Waals surface area contributed by atoms with Gasteiger partial charge in [0.05, 0.1) is 0 Å². The molecule has 3 unspecified atom stereocenters. The molecule has 1 heterocycles. The lowest BCUT2D eigenvalue weighted by Crippen LogP contribution is -2.37. The Kier molecular flexibility index (Phi) is 5.14. The van der Waals surface area contributed by atoms with Crippen LogP contribution in [-0.2, 0) is 0 Å². The summed E-state index contributed by atoms with van der Waals surface area (Å²) in [6, 6.07) is 2.20. The van der Waals surface area contributed by atoms with E-state index in [1.165, 1.54) is 12.8 Å². The van der Waals surface area contributed by atoms with E-state index in [1.807, 2.05) is 6.92 Å². The van der Waals surface area contributed by atoms with Crippen LogP contribution in [0.25, 0.3) is 0 Å². The molecule has 1 saturated carbocycles. The first-order valence-corrected chi connectivity index (χ1v) is 8.09. The topological polar surface area (TPSA) is 61.0 Å². The molecular weight excluding hydrogens is 282 g/mol. The van der Waals surface area contributed by atoms with Gasteiger partial charge in [0.1, 0.15) is 16.8 Å². The summed E-state index contributed by atoms with van der Waals surface area (Å²) in [5.41, 5.74) is 7.08. The number of thiocarbonyl (C=S) groups is 1. The van der Waals surface area contributed by atoms with Gasteiger partial charge in [-0.1, -0.05) is 39.4 Å². The molecule has 1 aliphatic carbocycles. The Morgan fingerprint density at radius 1 is 1.38 bits per heavy atom. The third-order valence-electron chi connectivity index (χ3n) is 4.30. The van der Waals surface area contributed by atoms with E-state index < -0.39 is 0 Å². The van der Waals surface area contributed by atoms with Crippen molar-refractivity contribution in [3.63, 3.8) is 0 Å². The second kappa shape index (κ2) is 6.69. The summed E-state index contributed by atoms with van der Waals surface area (Å²) in [6.07, 6.45) is 3.71. The first kappa shape index (κ1) is 16.1. The van der Waals surface area contributed by atoms with E-state index in [2.05, 4.69) is 30.7 Å². The standard InChI is InChI=1S/C16H25N3OS/c1-9(2)12-6-5-10(3)7-14(12)20-16-18-11(4)8-13(19-16)15(17)21/h8-10,12,14H,5-7H2,1-4H3,(H2,17,21). The quantitative estimate of drug-likeness (QED) is 0.865. The van der Waals surface area contributed by atoms with Gasteiger partial charge >= 0.3 is 6.01 Å². The molecule has 1 aliphatic rings. The van der Waals surface area contributed by atoms with E-state index in [9.17, 15) is 0 Å². The van der Waals surface area contributed by atoms with Gasteiger partial charge < -0.3 is 10.5 Å². The van der Waals surface area contributed by atoms with Crippen molar-refractivity contribution in [2.75, 3.05) is 0 Å². The number of aryl methyl sites for hydroxylation is 1. The van der Waals surface area contributed by atoms with Crippen molar-refractivity contribution in [1.29, 1.82) is 0 Å². The third kappa shape index (κ3) is 4.13. The fourth-order valence-electron chi connectivity index (χ4n) is 3.11. The van der Waals surface area contributed by atoms with Crippen molar-refractivity contribution in [3.8, 4) is 6.01 Å². The van der Waals surface area contributed by atoms with Crippen molar-refractivity contribution >= 4 is 17.2 Å². The van der Waals surface area contributed by atoms with E-state index in [-0.39, 0.29) is 11.1 Å². The summed E-state index contributed by atoms with van der Waals surface area (Å²) >= 11 is 5.00. The minimum Gasteiger partial charge on any atom is -0.460 e. The maximum absolute atomic E-state index is 6.13. The molecule has 4 nitrogen and oxygen atoms in total. The van der Waals surface area contributed by atoms with Crippen LogP contribution in [0.3, 0.4) is 0 Å². The Morgan fingerprint density at radius 2 is 2.10 bits per heavy atom. The van der Waals surface area contributed by atoms with Gasteiger partial charge in [0.25, 0.3) is 0 Å². The molecule has 3 atom stereocenters. The highest BCUT2D eigenvalue weighted by atomic mass is 32.1. The van der Waals surface area contributed by atoms with Gasteiger partial charge in [0.2, 0.25) is 0 Å². The molecule has 21 heavy (non-hydrogen) atoms. The number of aromatic nitrogens is 2. The van der Waals surface area contributed by atoms with Gasteiger partial charge in [0, 0.05) is 5.69 Å². The highest BCUT2D eigenvalue weighted by molar-refractivity contribution is 7.80. The molecule has 0 aromatic carbocycles. The van der Waals surface area contributed by atoms with Gasteiger partial charge in [-0.2, -0.15) is 4.98 Å². The van der Waals surface area contributed by atoms with Crippen LogP contribution in [0.4, 0.5) is 0 Å².